The van der Waals surface area contributed by atoms with Crippen LogP contribution in [0.15, 0.2) is 71.6 Å². The molecule has 3 aromatic rings. The number of rotatable bonds is 13. The standard InChI is InChI=1S/C30H34Cl2FN3O5S/c1-5-28(30(38)34-20(3)4)35(18-21-7-8-22(31)17-27(21)32)29(37)19-36(24-11-13-25(14-12-24)41-6-2)42(39,40)26-15-9-23(33)10-16-26/h7-17,20,28H,5-6,18-19H2,1-4H3,(H,34,38)/t28-/m1/s1. The number of sulfonamides is 1. The molecule has 0 unspecified atom stereocenters. The number of ether oxygens (including phenoxy) is 1. The molecule has 0 spiro atoms. The highest BCUT2D eigenvalue weighted by Gasteiger charge is 2.34. The summed E-state index contributed by atoms with van der Waals surface area (Å²) in [5.41, 5.74) is 0.708. The summed E-state index contributed by atoms with van der Waals surface area (Å²) in [7, 11) is -4.35. The van der Waals surface area contributed by atoms with Gasteiger partial charge in [0.15, 0.2) is 0 Å². The summed E-state index contributed by atoms with van der Waals surface area (Å²) in [5.74, 6) is -1.13. The van der Waals surface area contributed by atoms with E-state index >= 15 is 0 Å². The second kappa shape index (κ2) is 14.7. The van der Waals surface area contributed by atoms with E-state index in [9.17, 15) is 22.4 Å². The van der Waals surface area contributed by atoms with Gasteiger partial charge in [-0.25, -0.2) is 12.8 Å². The molecule has 0 fully saturated rings. The van der Waals surface area contributed by atoms with Gasteiger partial charge in [-0.15, -0.1) is 0 Å². The molecule has 0 heterocycles. The maximum absolute atomic E-state index is 14.1. The first-order valence-electron chi connectivity index (χ1n) is 13.4. The molecule has 2 amide bonds. The molecule has 0 aliphatic rings. The second-order valence-electron chi connectivity index (χ2n) is 9.74. The van der Waals surface area contributed by atoms with Crippen LogP contribution in [0.4, 0.5) is 10.1 Å². The minimum absolute atomic E-state index is 0.0768. The summed E-state index contributed by atoms with van der Waals surface area (Å²) in [5, 5.41) is 3.53. The van der Waals surface area contributed by atoms with Gasteiger partial charge in [-0.1, -0.05) is 36.2 Å². The third-order valence-corrected chi connectivity index (χ3v) is 8.66. The number of amides is 2. The van der Waals surface area contributed by atoms with Gasteiger partial charge in [-0.2, -0.15) is 0 Å². The van der Waals surface area contributed by atoms with Gasteiger partial charge >= 0.3 is 0 Å². The van der Waals surface area contributed by atoms with Crippen LogP contribution < -0.4 is 14.4 Å². The van der Waals surface area contributed by atoms with E-state index in [0.717, 1.165) is 28.6 Å². The number of hydrogen-bond acceptors (Lipinski definition) is 5. The SMILES string of the molecule is CCOc1ccc(N(CC(=O)N(Cc2ccc(Cl)cc2Cl)[C@H](CC)C(=O)NC(C)C)S(=O)(=O)c2ccc(F)cc2)cc1. The molecule has 42 heavy (non-hydrogen) atoms. The van der Waals surface area contributed by atoms with Gasteiger partial charge in [0.25, 0.3) is 10.0 Å². The van der Waals surface area contributed by atoms with Crippen molar-refractivity contribution in [2.75, 3.05) is 17.5 Å². The maximum Gasteiger partial charge on any atom is 0.264 e. The molecule has 0 bridgehead atoms. The lowest BCUT2D eigenvalue weighted by Crippen LogP contribution is -2.53. The monoisotopic (exact) mass is 637 g/mol. The van der Waals surface area contributed by atoms with E-state index in [2.05, 4.69) is 5.32 Å². The minimum atomic E-state index is -4.35. The van der Waals surface area contributed by atoms with E-state index in [1.54, 1.807) is 45.0 Å². The lowest BCUT2D eigenvalue weighted by atomic mass is 10.1. The van der Waals surface area contributed by atoms with E-state index in [0.29, 0.717) is 28.0 Å². The van der Waals surface area contributed by atoms with Crippen molar-refractivity contribution in [3.63, 3.8) is 0 Å². The van der Waals surface area contributed by atoms with Gasteiger partial charge in [0.2, 0.25) is 11.8 Å². The van der Waals surface area contributed by atoms with Crippen LogP contribution in [0.2, 0.25) is 10.0 Å². The maximum atomic E-state index is 14.1. The van der Waals surface area contributed by atoms with Gasteiger partial charge in [0.1, 0.15) is 24.2 Å². The van der Waals surface area contributed by atoms with Crippen LogP contribution in [0.5, 0.6) is 5.75 Å². The zero-order valence-electron chi connectivity index (χ0n) is 23.8. The van der Waals surface area contributed by atoms with Crippen LogP contribution in [0.3, 0.4) is 0 Å². The quantitative estimate of drug-likeness (QED) is 0.246. The summed E-state index contributed by atoms with van der Waals surface area (Å²) in [6.07, 6.45) is 0.253. The number of carbonyl (C=O) groups excluding carboxylic acids is 2. The van der Waals surface area contributed by atoms with Crippen LogP contribution in [0, 0.1) is 5.82 Å². The first-order valence-corrected chi connectivity index (χ1v) is 15.6. The molecule has 3 rings (SSSR count). The molecule has 0 saturated carbocycles. The van der Waals surface area contributed by atoms with Crippen molar-refractivity contribution in [1.29, 1.82) is 0 Å². The second-order valence-corrected chi connectivity index (χ2v) is 12.4. The Morgan fingerprint density at radius 2 is 1.62 bits per heavy atom. The normalized spacial score (nSPS) is 12.1. The largest absolute Gasteiger partial charge is 0.494 e. The van der Waals surface area contributed by atoms with Gasteiger partial charge < -0.3 is 15.0 Å². The van der Waals surface area contributed by atoms with Crippen LogP contribution in [0.1, 0.15) is 39.7 Å². The Bertz CT molecular complexity index is 1490. The average molecular weight is 639 g/mol. The number of anilines is 1. The first kappa shape index (κ1) is 33.2. The molecule has 1 N–H and O–H groups in total. The van der Waals surface area contributed by atoms with E-state index in [4.69, 9.17) is 27.9 Å². The van der Waals surface area contributed by atoms with Gasteiger partial charge in [-0.3, -0.25) is 13.9 Å². The van der Waals surface area contributed by atoms with Crippen molar-refractivity contribution in [3.05, 3.63) is 88.2 Å². The number of nitrogens with zero attached hydrogens (tertiary/aromatic N) is 2. The fourth-order valence-electron chi connectivity index (χ4n) is 4.27. The van der Waals surface area contributed by atoms with Crippen LogP contribution in [0.25, 0.3) is 0 Å². The third-order valence-electron chi connectivity index (χ3n) is 6.29. The molecule has 226 valence electrons. The van der Waals surface area contributed by atoms with Crippen LogP contribution >= 0.6 is 23.2 Å². The third kappa shape index (κ3) is 8.36. The van der Waals surface area contributed by atoms with Crippen molar-refractivity contribution >= 4 is 50.7 Å². The van der Waals surface area contributed by atoms with Crippen LogP contribution in [-0.2, 0) is 26.2 Å². The topological polar surface area (TPSA) is 96.0 Å². The summed E-state index contributed by atoms with van der Waals surface area (Å²) in [4.78, 5) is 28.4. The molecular weight excluding hydrogens is 604 g/mol. The molecule has 1 atom stereocenters. The Hall–Kier alpha value is -3.34. The minimum Gasteiger partial charge on any atom is -0.494 e. The molecule has 0 aromatic heterocycles. The highest BCUT2D eigenvalue weighted by molar-refractivity contribution is 7.92. The smallest absolute Gasteiger partial charge is 0.264 e. The lowest BCUT2D eigenvalue weighted by molar-refractivity contribution is -0.140. The summed E-state index contributed by atoms with van der Waals surface area (Å²) < 4.78 is 47.8. The molecule has 12 heteroatoms. The highest BCUT2D eigenvalue weighted by atomic mass is 35.5. The lowest BCUT2D eigenvalue weighted by Gasteiger charge is -2.33. The average Bonchev–Trinajstić information content (AvgIpc) is 2.93. The first-order chi connectivity index (χ1) is 19.9. The van der Waals surface area contributed by atoms with E-state index in [-0.39, 0.29) is 35.5 Å². The molecule has 0 aliphatic carbocycles. The van der Waals surface area contributed by atoms with E-state index < -0.39 is 34.3 Å². The predicted molar refractivity (Wildman–Crippen MR) is 163 cm³/mol. The Morgan fingerprint density at radius 3 is 2.17 bits per heavy atom. The summed E-state index contributed by atoms with van der Waals surface area (Å²) >= 11 is 12.5. The molecule has 3 aromatic carbocycles. The number of nitrogens with one attached hydrogen (secondary N) is 1. The predicted octanol–water partition coefficient (Wildman–Crippen LogP) is 6.06. The number of carbonyl (C=O) groups is 2. The zero-order valence-corrected chi connectivity index (χ0v) is 26.1. The van der Waals surface area contributed by atoms with Gasteiger partial charge in [0, 0.05) is 22.6 Å². The Balaban J connectivity index is 2.09. The Morgan fingerprint density at radius 1 is 0.976 bits per heavy atom. The number of benzene rings is 3. The molecular formula is C30H34Cl2FN3O5S. The summed E-state index contributed by atoms with van der Waals surface area (Å²) in [6.45, 7) is 6.86. The van der Waals surface area contributed by atoms with Crippen molar-refractivity contribution in [2.24, 2.45) is 0 Å². The fourth-order valence-corrected chi connectivity index (χ4v) is 6.15. The number of hydrogen-bond donors (Lipinski definition) is 1. The highest BCUT2D eigenvalue weighted by Crippen LogP contribution is 2.28. The molecule has 0 radical (unpaired) electrons. The van der Waals surface area contributed by atoms with Gasteiger partial charge in [-0.05, 0) is 93.4 Å². The van der Waals surface area contributed by atoms with Crippen molar-refractivity contribution in [1.82, 2.24) is 10.2 Å². The molecule has 0 aliphatic heterocycles. The van der Waals surface area contributed by atoms with Crippen molar-refractivity contribution in [3.8, 4) is 5.75 Å². The van der Waals surface area contributed by atoms with Gasteiger partial charge in [0.05, 0.1) is 17.2 Å². The fraction of sp³-hybridized carbons (Fsp3) is 0.333. The zero-order chi connectivity index (χ0) is 31.0. The van der Waals surface area contributed by atoms with Crippen LogP contribution in [-0.4, -0.2) is 50.4 Å². The molecule has 8 nitrogen and oxygen atoms in total. The Labute approximate surface area is 256 Å². The molecule has 0 saturated heterocycles. The van der Waals surface area contributed by atoms with Crippen molar-refractivity contribution < 1.29 is 27.1 Å². The number of halogens is 3. The van der Waals surface area contributed by atoms with E-state index in [1.807, 2.05) is 6.92 Å². The Kier molecular flexibility index (Phi) is 11.6. The van der Waals surface area contributed by atoms with Crippen molar-refractivity contribution in [2.45, 2.75) is 57.6 Å². The van der Waals surface area contributed by atoms with E-state index in [1.165, 1.54) is 23.1 Å². The summed E-state index contributed by atoms with van der Waals surface area (Å²) in [6, 6.07) is 14.2.